The number of rotatable bonds is 6. The lowest BCUT2D eigenvalue weighted by molar-refractivity contribution is 0.118. The van der Waals surface area contributed by atoms with Gasteiger partial charge in [-0.3, -0.25) is 4.98 Å². The Kier molecular flexibility index (Phi) is 5.12. The topological polar surface area (TPSA) is 34.1 Å². The Labute approximate surface area is 91.9 Å². The molecule has 0 aliphatic carbocycles. The molecule has 0 atom stereocenters. The van der Waals surface area contributed by atoms with Crippen LogP contribution in [0.25, 0.3) is 0 Å². The molecule has 84 valence electrons. The molecular weight excluding hydrogens is 188 g/mol. The summed E-state index contributed by atoms with van der Waals surface area (Å²) in [4.78, 5) is 4.14. The third-order valence-electron chi connectivity index (χ3n) is 1.92. The van der Waals surface area contributed by atoms with Crippen LogP contribution in [0.4, 0.5) is 5.69 Å². The fraction of sp³-hybridized carbons (Fsp3) is 0.583. The molecule has 1 aromatic rings. The predicted octanol–water partition coefficient (Wildman–Crippen LogP) is 2.47. The molecule has 15 heavy (non-hydrogen) atoms. The van der Waals surface area contributed by atoms with Crippen LogP contribution in [0, 0.1) is 12.8 Å². The van der Waals surface area contributed by atoms with E-state index in [1.165, 1.54) is 0 Å². The molecule has 0 aliphatic heterocycles. The van der Waals surface area contributed by atoms with Crippen LogP contribution in [-0.4, -0.2) is 24.7 Å². The monoisotopic (exact) mass is 208 g/mol. The van der Waals surface area contributed by atoms with Gasteiger partial charge in [-0.1, -0.05) is 13.8 Å². The van der Waals surface area contributed by atoms with Crippen LogP contribution < -0.4 is 5.32 Å². The highest BCUT2D eigenvalue weighted by Crippen LogP contribution is 2.06. The maximum Gasteiger partial charge on any atom is 0.0639 e. The molecule has 3 heteroatoms. The second-order valence-electron chi connectivity index (χ2n) is 4.08. The molecular formula is C12H20N2O. The van der Waals surface area contributed by atoms with Gasteiger partial charge >= 0.3 is 0 Å². The lowest BCUT2D eigenvalue weighted by atomic mass is 10.2. The van der Waals surface area contributed by atoms with Crippen molar-refractivity contribution in [1.82, 2.24) is 4.98 Å². The zero-order valence-electron chi connectivity index (χ0n) is 9.79. The van der Waals surface area contributed by atoms with E-state index in [0.717, 1.165) is 31.1 Å². The average molecular weight is 208 g/mol. The molecule has 1 heterocycles. The van der Waals surface area contributed by atoms with Gasteiger partial charge in [-0.05, 0) is 25.0 Å². The van der Waals surface area contributed by atoms with Crippen LogP contribution in [0.2, 0.25) is 0 Å². The van der Waals surface area contributed by atoms with Crippen LogP contribution in [0.1, 0.15) is 19.5 Å². The lowest BCUT2D eigenvalue weighted by Crippen LogP contribution is -2.12. The van der Waals surface area contributed by atoms with E-state index in [1.54, 1.807) is 0 Å². The number of aryl methyl sites for hydroxylation is 1. The molecule has 0 radical (unpaired) electrons. The zero-order chi connectivity index (χ0) is 11.1. The highest BCUT2D eigenvalue weighted by molar-refractivity contribution is 5.42. The Balaban J connectivity index is 2.15. The standard InChI is InChI=1S/C12H20N2O/c1-10(2)9-15-7-6-14-12-4-5-13-11(3)8-12/h4-5,8,10H,6-7,9H2,1-3H3,(H,13,14). The third kappa shape index (κ3) is 5.37. The Hall–Kier alpha value is -1.09. The van der Waals surface area contributed by atoms with Gasteiger partial charge in [0.25, 0.3) is 0 Å². The summed E-state index contributed by atoms with van der Waals surface area (Å²) in [7, 11) is 0. The van der Waals surface area contributed by atoms with E-state index >= 15 is 0 Å². The fourth-order valence-corrected chi connectivity index (χ4v) is 1.24. The molecule has 0 saturated carbocycles. The molecule has 0 amide bonds. The maximum absolute atomic E-state index is 5.47. The molecule has 1 N–H and O–H groups in total. The Morgan fingerprint density at radius 3 is 2.93 bits per heavy atom. The summed E-state index contributed by atoms with van der Waals surface area (Å²) in [6, 6.07) is 4.00. The number of aromatic nitrogens is 1. The quantitative estimate of drug-likeness (QED) is 0.729. The molecule has 0 spiro atoms. The van der Waals surface area contributed by atoms with Gasteiger partial charge in [-0.25, -0.2) is 0 Å². The van der Waals surface area contributed by atoms with Gasteiger partial charge in [0, 0.05) is 30.7 Å². The number of anilines is 1. The van der Waals surface area contributed by atoms with E-state index in [4.69, 9.17) is 4.74 Å². The van der Waals surface area contributed by atoms with Crippen LogP contribution in [0.5, 0.6) is 0 Å². The number of pyridine rings is 1. The van der Waals surface area contributed by atoms with E-state index < -0.39 is 0 Å². The number of ether oxygens (including phenoxy) is 1. The van der Waals surface area contributed by atoms with E-state index in [0.29, 0.717) is 5.92 Å². The summed E-state index contributed by atoms with van der Waals surface area (Å²) in [5, 5.41) is 3.29. The summed E-state index contributed by atoms with van der Waals surface area (Å²) in [6.45, 7) is 8.71. The van der Waals surface area contributed by atoms with Gasteiger partial charge in [0.1, 0.15) is 0 Å². The van der Waals surface area contributed by atoms with E-state index in [-0.39, 0.29) is 0 Å². The van der Waals surface area contributed by atoms with Crippen LogP contribution in [0.15, 0.2) is 18.3 Å². The van der Waals surface area contributed by atoms with E-state index in [9.17, 15) is 0 Å². The molecule has 0 fully saturated rings. The van der Waals surface area contributed by atoms with Crippen molar-refractivity contribution in [2.24, 2.45) is 5.92 Å². The first-order chi connectivity index (χ1) is 7.18. The summed E-state index contributed by atoms with van der Waals surface area (Å²) >= 11 is 0. The second kappa shape index (κ2) is 6.40. The van der Waals surface area contributed by atoms with Gasteiger partial charge in [0.2, 0.25) is 0 Å². The maximum atomic E-state index is 5.47. The molecule has 0 saturated heterocycles. The van der Waals surface area contributed by atoms with Crippen molar-refractivity contribution in [2.45, 2.75) is 20.8 Å². The second-order valence-corrected chi connectivity index (χ2v) is 4.08. The predicted molar refractivity (Wildman–Crippen MR) is 63.1 cm³/mol. The molecule has 3 nitrogen and oxygen atoms in total. The number of nitrogens with one attached hydrogen (secondary N) is 1. The molecule has 0 aliphatic rings. The average Bonchev–Trinajstić information content (AvgIpc) is 2.17. The molecule has 0 unspecified atom stereocenters. The first-order valence-corrected chi connectivity index (χ1v) is 5.43. The minimum absolute atomic E-state index is 0.605. The van der Waals surface area contributed by atoms with Gasteiger partial charge in [-0.15, -0.1) is 0 Å². The van der Waals surface area contributed by atoms with Crippen molar-refractivity contribution in [1.29, 1.82) is 0 Å². The summed E-state index contributed by atoms with van der Waals surface area (Å²) < 4.78 is 5.47. The normalized spacial score (nSPS) is 10.7. The Bertz CT molecular complexity index is 287. The Morgan fingerprint density at radius 2 is 2.27 bits per heavy atom. The van der Waals surface area contributed by atoms with Crippen molar-refractivity contribution < 1.29 is 4.74 Å². The smallest absolute Gasteiger partial charge is 0.0639 e. The number of nitrogens with zero attached hydrogens (tertiary/aromatic N) is 1. The minimum atomic E-state index is 0.605. The highest BCUT2D eigenvalue weighted by atomic mass is 16.5. The lowest BCUT2D eigenvalue weighted by Gasteiger charge is -2.09. The van der Waals surface area contributed by atoms with Gasteiger partial charge in [0.15, 0.2) is 0 Å². The zero-order valence-corrected chi connectivity index (χ0v) is 9.79. The van der Waals surface area contributed by atoms with Crippen molar-refractivity contribution >= 4 is 5.69 Å². The minimum Gasteiger partial charge on any atom is -0.383 e. The van der Waals surface area contributed by atoms with Crippen molar-refractivity contribution in [3.63, 3.8) is 0 Å². The van der Waals surface area contributed by atoms with Gasteiger partial charge in [-0.2, -0.15) is 0 Å². The highest BCUT2D eigenvalue weighted by Gasteiger charge is 1.94. The first-order valence-electron chi connectivity index (χ1n) is 5.43. The van der Waals surface area contributed by atoms with Crippen molar-refractivity contribution in [2.75, 3.05) is 25.1 Å². The summed E-state index contributed by atoms with van der Waals surface area (Å²) in [6.07, 6.45) is 1.81. The first kappa shape index (κ1) is 12.0. The van der Waals surface area contributed by atoms with Crippen molar-refractivity contribution in [3.05, 3.63) is 24.0 Å². The molecule has 0 aromatic carbocycles. The largest absolute Gasteiger partial charge is 0.383 e. The van der Waals surface area contributed by atoms with E-state index in [2.05, 4.69) is 24.1 Å². The van der Waals surface area contributed by atoms with Crippen LogP contribution in [0.3, 0.4) is 0 Å². The van der Waals surface area contributed by atoms with Gasteiger partial charge in [0.05, 0.1) is 6.61 Å². The number of hydrogen-bond acceptors (Lipinski definition) is 3. The summed E-state index contributed by atoms with van der Waals surface area (Å²) in [5.41, 5.74) is 2.14. The van der Waals surface area contributed by atoms with Crippen molar-refractivity contribution in [3.8, 4) is 0 Å². The molecule has 1 rings (SSSR count). The number of hydrogen-bond donors (Lipinski definition) is 1. The fourth-order valence-electron chi connectivity index (χ4n) is 1.24. The Morgan fingerprint density at radius 1 is 1.47 bits per heavy atom. The molecule has 1 aromatic heterocycles. The van der Waals surface area contributed by atoms with E-state index in [1.807, 2.05) is 25.3 Å². The van der Waals surface area contributed by atoms with Gasteiger partial charge < -0.3 is 10.1 Å². The van der Waals surface area contributed by atoms with Crippen LogP contribution in [-0.2, 0) is 4.74 Å². The molecule has 0 bridgehead atoms. The third-order valence-corrected chi connectivity index (χ3v) is 1.92. The summed E-state index contributed by atoms with van der Waals surface area (Å²) in [5.74, 6) is 0.605. The van der Waals surface area contributed by atoms with Crippen LogP contribution >= 0.6 is 0 Å². The SMILES string of the molecule is Cc1cc(NCCOCC(C)C)ccn1.